The van der Waals surface area contributed by atoms with Crippen molar-refractivity contribution in [3.8, 4) is 0 Å². The molecule has 0 fully saturated rings. The van der Waals surface area contributed by atoms with Crippen LogP contribution in [0.25, 0.3) is 0 Å². The molecular formula is C43H88I2O. The molecule has 0 amide bonds. The number of hydrogen-bond acceptors (Lipinski definition) is 1. The normalized spacial score (nSPS) is 10.6. The van der Waals surface area contributed by atoms with Crippen molar-refractivity contribution in [3.63, 3.8) is 0 Å². The summed E-state index contributed by atoms with van der Waals surface area (Å²) in [5.74, 6) is 0. The monoisotopic (exact) mass is 874 g/mol. The van der Waals surface area contributed by atoms with E-state index in [1.165, 1.54) is 16.7 Å². The maximum absolute atomic E-state index is 7.00. The second kappa shape index (κ2) is 42.1. The fraction of sp³-hybridized carbons (Fsp3) is 0.581. The third-order valence-electron chi connectivity index (χ3n) is 6.89. The average Bonchev–Trinajstić information content (AvgIpc) is 2.98. The van der Waals surface area contributed by atoms with Crippen LogP contribution in [0, 0.1) is 0 Å². The van der Waals surface area contributed by atoms with Gasteiger partial charge in [-0.3, -0.25) is 0 Å². The molecule has 3 aromatic carbocycles. The summed E-state index contributed by atoms with van der Waals surface area (Å²) in [6, 6.07) is 33.2. The summed E-state index contributed by atoms with van der Waals surface area (Å²) in [6.45, 7) is 20.0. The largest absolute Gasteiger partial charge is 0.400 e. The van der Waals surface area contributed by atoms with Gasteiger partial charge in [0.25, 0.3) is 0 Å². The van der Waals surface area contributed by atoms with Crippen LogP contribution in [0.1, 0.15) is 165 Å². The van der Waals surface area contributed by atoms with Crippen LogP contribution in [-0.2, 0) is 16.2 Å². The van der Waals surface area contributed by atoms with Crippen molar-refractivity contribution >= 4 is 37.2 Å². The lowest BCUT2D eigenvalue weighted by Gasteiger charge is -2.44. The van der Waals surface area contributed by atoms with E-state index in [4.69, 9.17) is 5.11 Å². The van der Waals surface area contributed by atoms with Gasteiger partial charge in [-0.25, -0.2) is 0 Å². The summed E-state index contributed by atoms with van der Waals surface area (Å²) in [7, 11) is 1.00. The molecule has 3 rings (SSSR count). The topological polar surface area (TPSA) is 20.2 Å². The van der Waals surface area contributed by atoms with Gasteiger partial charge in [0.05, 0.1) is 0 Å². The smallest absolute Gasteiger partial charge is 0.0319 e. The van der Waals surface area contributed by atoms with Crippen LogP contribution >= 0.6 is 37.2 Å². The number of benzene rings is 3. The predicted octanol–water partition coefficient (Wildman–Crippen LogP) is 17.2. The molecule has 1 N–H and O–H groups in total. The zero-order chi connectivity index (χ0) is 29.0. The van der Waals surface area contributed by atoms with Gasteiger partial charge >= 0.3 is 0 Å². The Bertz CT molecular complexity index is 898. The molecule has 0 aliphatic heterocycles. The van der Waals surface area contributed by atoms with Crippen molar-refractivity contribution in [2.24, 2.45) is 0 Å². The first-order valence-electron chi connectivity index (χ1n) is 13.5. The molecule has 2 unspecified atom stereocenters. The molecule has 0 aliphatic rings. The zero-order valence-electron chi connectivity index (χ0n) is 25.0. The quantitative estimate of drug-likeness (QED) is 0.224. The van der Waals surface area contributed by atoms with Gasteiger partial charge in [-0.05, 0) is 52.2 Å². The van der Waals surface area contributed by atoms with Crippen molar-refractivity contribution in [1.29, 1.82) is 0 Å². The minimum Gasteiger partial charge on any atom is -0.400 e. The predicted molar refractivity (Wildman–Crippen MR) is 246 cm³/mol. The van der Waals surface area contributed by atoms with E-state index in [1.807, 2.05) is 27.7 Å². The van der Waals surface area contributed by atoms with E-state index in [-0.39, 0.29) is 83.1 Å². The number of aliphatic hydroxyl groups excluding tert-OH is 1. The van der Waals surface area contributed by atoms with Crippen LogP contribution in [0.5, 0.6) is 0 Å². The summed E-state index contributed by atoms with van der Waals surface area (Å²) < 4.78 is 0. The van der Waals surface area contributed by atoms with E-state index < -0.39 is 0 Å². The maximum atomic E-state index is 7.00. The number of aliphatic hydroxyl groups is 1. The Balaban J connectivity index is -0.0000000745. The fourth-order valence-electron chi connectivity index (χ4n) is 5.21. The molecule has 0 aliphatic carbocycles. The first-order valence-corrected chi connectivity index (χ1v) is 19.8. The molecule has 46 heavy (non-hydrogen) atoms. The Morgan fingerprint density at radius 1 is 0.435 bits per heavy atom. The summed E-state index contributed by atoms with van der Waals surface area (Å²) in [4.78, 5) is 0. The van der Waals surface area contributed by atoms with E-state index in [9.17, 15) is 0 Å². The van der Waals surface area contributed by atoms with Crippen LogP contribution < -0.4 is 0 Å². The maximum Gasteiger partial charge on any atom is 0.0319 e. The number of rotatable bonds is 8. The highest BCUT2D eigenvalue weighted by Crippen LogP contribution is 2.47. The lowest BCUT2D eigenvalue weighted by Crippen LogP contribution is -2.38. The highest BCUT2D eigenvalue weighted by molar-refractivity contribution is 15.0. The Morgan fingerprint density at radius 3 is 0.935 bits per heavy atom. The highest BCUT2D eigenvalue weighted by atomic mass is 128. The zero-order valence-corrected chi connectivity index (χ0v) is 29.3. The van der Waals surface area contributed by atoms with Gasteiger partial charge in [0.2, 0.25) is 0 Å². The minimum atomic E-state index is 0. The molecule has 3 aromatic rings. The van der Waals surface area contributed by atoms with Crippen molar-refractivity contribution in [3.05, 3.63) is 108 Å². The minimum absolute atomic E-state index is 0. The lowest BCUT2D eigenvalue weighted by atomic mass is 9.60. The lowest BCUT2D eigenvalue weighted by molar-refractivity contribution is 0.241. The van der Waals surface area contributed by atoms with Crippen molar-refractivity contribution in [2.75, 3.05) is 7.11 Å². The molecule has 0 radical (unpaired) electrons. The number of halogens is 2. The average molecular weight is 875 g/mol. The number of hydrogen-bond donors (Lipinski definition) is 1. The Morgan fingerprint density at radius 2 is 0.674 bits per heavy atom. The van der Waals surface area contributed by atoms with E-state index in [1.54, 1.807) is 0 Å². The van der Waals surface area contributed by atoms with Gasteiger partial charge in [-0.2, -0.15) is 0 Å². The molecule has 0 saturated heterocycles. The third-order valence-corrected chi connectivity index (χ3v) is 6.89. The molecular weight excluding hydrogens is 786 g/mol. The molecule has 0 bridgehead atoms. The van der Waals surface area contributed by atoms with Gasteiger partial charge in [0.15, 0.2) is 0 Å². The molecule has 0 saturated carbocycles. The standard InChI is InChI=1S/C29H36.2C2H6.CH4O.9CH4.I2/c1-6-28(4,25-18-12-8-13-19-25)23-29(5,26-20-14-9-15-21-26)22-27(2,3)24-16-10-7-11-17-24;3*1-2;;;;;;;;;;1-2/h7-21H,6,22-23H2,1-5H3;2*1-2H3;2H,1H3;9*1H4;. The summed E-state index contributed by atoms with van der Waals surface area (Å²) in [6.07, 6.45) is 3.36. The Kier molecular flexibility index (Phi) is 69.0. The fourth-order valence-corrected chi connectivity index (χ4v) is 5.21. The second-order valence-electron chi connectivity index (χ2n) is 9.81. The van der Waals surface area contributed by atoms with Crippen LogP contribution in [-0.4, -0.2) is 12.2 Å². The first kappa shape index (κ1) is 75.4. The second-order valence-corrected chi connectivity index (χ2v) is 9.81. The van der Waals surface area contributed by atoms with Gasteiger partial charge < -0.3 is 5.11 Å². The molecule has 3 heteroatoms. The van der Waals surface area contributed by atoms with E-state index >= 15 is 0 Å². The van der Waals surface area contributed by atoms with Crippen LogP contribution in [0.2, 0.25) is 0 Å². The molecule has 2 atom stereocenters. The van der Waals surface area contributed by atoms with Gasteiger partial charge in [0, 0.05) is 44.3 Å². The van der Waals surface area contributed by atoms with E-state index in [0.717, 1.165) is 26.4 Å². The highest BCUT2D eigenvalue weighted by Gasteiger charge is 2.40. The molecule has 0 aromatic heterocycles. The van der Waals surface area contributed by atoms with Crippen LogP contribution in [0.3, 0.4) is 0 Å². The van der Waals surface area contributed by atoms with Gasteiger partial charge in [-0.1, -0.05) is 220 Å². The Labute approximate surface area is 319 Å². The molecule has 0 heterocycles. The van der Waals surface area contributed by atoms with E-state index in [2.05, 4.69) is 163 Å². The van der Waals surface area contributed by atoms with Crippen molar-refractivity contribution < 1.29 is 5.11 Å². The van der Waals surface area contributed by atoms with Gasteiger partial charge in [-0.15, -0.1) is 0 Å². The Hall–Kier alpha value is -0.920. The molecule has 1 nitrogen and oxygen atoms in total. The van der Waals surface area contributed by atoms with Gasteiger partial charge in [0.1, 0.15) is 0 Å². The van der Waals surface area contributed by atoms with E-state index in [0.29, 0.717) is 0 Å². The summed E-state index contributed by atoms with van der Waals surface area (Å²) >= 11 is 4.24. The summed E-state index contributed by atoms with van der Waals surface area (Å²) in [5, 5.41) is 7.00. The molecule has 280 valence electrons. The van der Waals surface area contributed by atoms with Crippen LogP contribution in [0.15, 0.2) is 91.0 Å². The van der Waals surface area contributed by atoms with Crippen molar-refractivity contribution in [2.45, 2.75) is 165 Å². The SMILES string of the molecule is C.C.C.C.C.C.C.C.C.CC.CC.CCC(C)(CC(C)(CC(C)(C)c1ccccc1)c1ccccc1)c1ccccc1.CO.II. The van der Waals surface area contributed by atoms with Crippen molar-refractivity contribution in [1.82, 2.24) is 0 Å². The summed E-state index contributed by atoms with van der Waals surface area (Å²) in [5.41, 5.74) is 4.61. The third kappa shape index (κ3) is 24.3. The molecule has 0 spiro atoms. The van der Waals surface area contributed by atoms with Crippen LogP contribution in [0.4, 0.5) is 0 Å². The first-order chi connectivity index (χ1) is 17.8.